The van der Waals surface area contributed by atoms with Crippen molar-refractivity contribution in [3.05, 3.63) is 38.1 Å². The molecule has 1 rings (SSSR count). The monoisotopic (exact) mass is 295 g/mol. The Bertz CT molecular complexity index is 438. The Hall–Kier alpha value is -1.01. The van der Waals surface area contributed by atoms with E-state index in [0.29, 0.717) is 0 Å². The molecule has 1 aromatic rings. The SMILES string of the molecule is O=C(CCl)c1c([N+](=O)[O-])ccc(Br)c1F. The van der Waals surface area contributed by atoms with Crippen molar-refractivity contribution in [1.29, 1.82) is 0 Å². The second kappa shape index (κ2) is 4.67. The van der Waals surface area contributed by atoms with Gasteiger partial charge in [0.05, 0.1) is 15.3 Å². The first kappa shape index (κ1) is 12.1. The number of Topliss-reactive ketones (excluding diaryl/α,β-unsaturated/α-hetero) is 1. The molecule has 0 amide bonds. The number of alkyl halides is 1. The lowest BCUT2D eigenvalue weighted by atomic mass is 10.1. The molecule has 0 bridgehead atoms. The van der Waals surface area contributed by atoms with Gasteiger partial charge in [-0.05, 0) is 22.0 Å². The summed E-state index contributed by atoms with van der Waals surface area (Å²) in [5.74, 6) is -2.29. The molecule has 0 atom stereocenters. The molecule has 0 saturated heterocycles. The lowest BCUT2D eigenvalue weighted by molar-refractivity contribution is -0.385. The molecule has 7 heteroatoms. The van der Waals surface area contributed by atoms with Gasteiger partial charge in [-0.2, -0.15) is 0 Å². The lowest BCUT2D eigenvalue weighted by Crippen LogP contribution is -2.08. The summed E-state index contributed by atoms with van der Waals surface area (Å²) in [6.07, 6.45) is 0. The molecule has 0 saturated carbocycles. The van der Waals surface area contributed by atoms with Gasteiger partial charge >= 0.3 is 0 Å². The van der Waals surface area contributed by atoms with E-state index in [9.17, 15) is 19.3 Å². The molecule has 0 fully saturated rings. The van der Waals surface area contributed by atoms with Crippen LogP contribution in [0.2, 0.25) is 0 Å². The van der Waals surface area contributed by atoms with Gasteiger partial charge < -0.3 is 0 Å². The maximum Gasteiger partial charge on any atom is 0.283 e. The Labute approximate surface area is 97.3 Å². The largest absolute Gasteiger partial charge is 0.292 e. The standard InChI is InChI=1S/C8H4BrClFNO3/c9-4-1-2-5(12(14)15)7(8(4)11)6(13)3-10/h1-2H,3H2. The van der Waals surface area contributed by atoms with E-state index in [2.05, 4.69) is 15.9 Å². The second-order valence-corrected chi connectivity index (χ2v) is 3.69. The number of nitrogens with zero attached hydrogens (tertiary/aromatic N) is 1. The molecule has 1 aromatic carbocycles. The highest BCUT2D eigenvalue weighted by atomic mass is 79.9. The molecular formula is C8H4BrClFNO3. The molecule has 4 nitrogen and oxygen atoms in total. The van der Waals surface area contributed by atoms with E-state index in [-0.39, 0.29) is 4.47 Å². The van der Waals surface area contributed by atoms with Crippen LogP contribution in [-0.4, -0.2) is 16.6 Å². The minimum Gasteiger partial charge on any atom is -0.292 e. The fourth-order valence-electron chi connectivity index (χ4n) is 1.02. The fraction of sp³-hybridized carbons (Fsp3) is 0.125. The zero-order valence-electron chi connectivity index (χ0n) is 7.17. The number of benzene rings is 1. The number of halogens is 3. The number of hydrogen-bond acceptors (Lipinski definition) is 3. The third-order valence-electron chi connectivity index (χ3n) is 1.67. The Kier molecular flexibility index (Phi) is 3.76. The van der Waals surface area contributed by atoms with Crippen molar-refractivity contribution >= 4 is 39.0 Å². The summed E-state index contributed by atoms with van der Waals surface area (Å²) in [5.41, 5.74) is -1.18. The number of hydrogen-bond donors (Lipinski definition) is 0. The molecule has 0 aromatic heterocycles. The van der Waals surface area contributed by atoms with Gasteiger partial charge in [-0.1, -0.05) is 0 Å². The van der Waals surface area contributed by atoms with Crippen molar-refractivity contribution in [2.75, 3.05) is 5.88 Å². The van der Waals surface area contributed by atoms with Gasteiger partial charge in [0.25, 0.3) is 5.69 Å². The van der Waals surface area contributed by atoms with Gasteiger partial charge in [0.15, 0.2) is 11.6 Å². The molecule has 0 unspecified atom stereocenters. The predicted octanol–water partition coefficient (Wildman–Crippen LogP) is 2.92. The van der Waals surface area contributed by atoms with E-state index in [1.807, 2.05) is 0 Å². The summed E-state index contributed by atoms with van der Waals surface area (Å²) in [6.45, 7) is 0. The molecular weight excluding hydrogens is 292 g/mol. The molecule has 80 valence electrons. The number of carbonyl (C=O) groups is 1. The Morgan fingerprint density at radius 1 is 1.60 bits per heavy atom. The Balaban J connectivity index is 3.48. The topological polar surface area (TPSA) is 60.2 Å². The maximum atomic E-state index is 13.4. The van der Waals surface area contributed by atoms with Crippen molar-refractivity contribution in [2.24, 2.45) is 0 Å². The number of ketones is 1. The minimum atomic E-state index is -0.963. The minimum absolute atomic E-state index is 0.0124. The smallest absolute Gasteiger partial charge is 0.283 e. The molecule has 0 aliphatic heterocycles. The van der Waals surface area contributed by atoms with Crippen LogP contribution in [0.1, 0.15) is 10.4 Å². The van der Waals surface area contributed by atoms with Crippen molar-refractivity contribution in [3.63, 3.8) is 0 Å². The van der Waals surface area contributed by atoms with E-state index in [1.54, 1.807) is 0 Å². The van der Waals surface area contributed by atoms with Gasteiger partial charge in [0, 0.05) is 6.07 Å². The van der Waals surface area contributed by atoms with E-state index < -0.39 is 33.7 Å². The highest BCUT2D eigenvalue weighted by molar-refractivity contribution is 9.10. The van der Waals surface area contributed by atoms with E-state index in [4.69, 9.17) is 11.6 Å². The van der Waals surface area contributed by atoms with Crippen LogP contribution in [0.4, 0.5) is 10.1 Å². The molecule has 0 N–H and O–H groups in total. The van der Waals surface area contributed by atoms with Gasteiger partial charge in [0.2, 0.25) is 0 Å². The van der Waals surface area contributed by atoms with Crippen LogP contribution in [-0.2, 0) is 0 Å². The summed E-state index contributed by atoms with van der Waals surface area (Å²) in [6, 6.07) is 2.21. The molecule has 0 spiro atoms. The van der Waals surface area contributed by atoms with Gasteiger partial charge in [-0.3, -0.25) is 14.9 Å². The van der Waals surface area contributed by atoms with Gasteiger partial charge in [-0.15, -0.1) is 11.6 Å². The van der Waals surface area contributed by atoms with Crippen LogP contribution in [0.5, 0.6) is 0 Å². The zero-order chi connectivity index (χ0) is 11.6. The van der Waals surface area contributed by atoms with Crippen LogP contribution >= 0.6 is 27.5 Å². The normalized spacial score (nSPS) is 10.1. The first-order chi connectivity index (χ1) is 6.99. The predicted molar refractivity (Wildman–Crippen MR) is 55.8 cm³/mol. The Morgan fingerprint density at radius 3 is 2.67 bits per heavy atom. The fourth-order valence-corrected chi connectivity index (χ4v) is 1.49. The number of nitro groups is 1. The van der Waals surface area contributed by atoms with Crippen LogP contribution in [0, 0.1) is 15.9 Å². The molecule has 0 radical (unpaired) electrons. The summed E-state index contributed by atoms with van der Waals surface area (Å²) in [4.78, 5) is 20.9. The van der Waals surface area contributed by atoms with E-state index in [1.165, 1.54) is 6.07 Å². The maximum absolute atomic E-state index is 13.4. The highest BCUT2D eigenvalue weighted by Crippen LogP contribution is 2.28. The molecule has 0 aliphatic carbocycles. The first-order valence-corrected chi connectivity index (χ1v) is 5.03. The molecule has 15 heavy (non-hydrogen) atoms. The quantitative estimate of drug-likeness (QED) is 0.373. The number of rotatable bonds is 3. The van der Waals surface area contributed by atoms with Crippen LogP contribution in [0.15, 0.2) is 16.6 Å². The third kappa shape index (κ3) is 2.32. The Morgan fingerprint density at radius 2 is 2.20 bits per heavy atom. The summed E-state index contributed by atoms with van der Waals surface area (Å²) in [7, 11) is 0. The summed E-state index contributed by atoms with van der Waals surface area (Å²) in [5, 5.41) is 10.5. The lowest BCUT2D eigenvalue weighted by Gasteiger charge is -2.02. The zero-order valence-corrected chi connectivity index (χ0v) is 9.51. The summed E-state index contributed by atoms with van der Waals surface area (Å²) >= 11 is 8.07. The van der Waals surface area contributed by atoms with E-state index >= 15 is 0 Å². The average molecular weight is 296 g/mol. The van der Waals surface area contributed by atoms with Crippen molar-refractivity contribution in [1.82, 2.24) is 0 Å². The third-order valence-corrected chi connectivity index (χ3v) is 2.52. The first-order valence-electron chi connectivity index (χ1n) is 3.70. The highest BCUT2D eigenvalue weighted by Gasteiger charge is 2.25. The average Bonchev–Trinajstić information content (AvgIpc) is 2.20. The van der Waals surface area contributed by atoms with Crippen molar-refractivity contribution in [2.45, 2.75) is 0 Å². The number of nitro benzene ring substituents is 1. The second-order valence-electron chi connectivity index (χ2n) is 2.57. The van der Waals surface area contributed by atoms with E-state index in [0.717, 1.165) is 6.07 Å². The molecule has 0 heterocycles. The molecule has 0 aliphatic rings. The van der Waals surface area contributed by atoms with Crippen LogP contribution in [0.3, 0.4) is 0 Å². The van der Waals surface area contributed by atoms with Crippen molar-refractivity contribution in [3.8, 4) is 0 Å². The van der Waals surface area contributed by atoms with Crippen molar-refractivity contribution < 1.29 is 14.1 Å². The van der Waals surface area contributed by atoms with Gasteiger partial charge in [0.1, 0.15) is 5.56 Å². The van der Waals surface area contributed by atoms with Crippen LogP contribution in [0.25, 0.3) is 0 Å². The van der Waals surface area contributed by atoms with Gasteiger partial charge in [-0.25, -0.2) is 4.39 Å². The summed E-state index contributed by atoms with van der Waals surface area (Å²) < 4.78 is 13.4. The number of carbonyl (C=O) groups excluding carboxylic acids is 1. The van der Waals surface area contributed by atoms with Crippen LogP contribution < -0.4 is 0 Å².